The summed E-state index contributed by atoms with van der Waals surface area (Å²) in [5, 5.41) is 0. The Bertz CT molecular complexity index is 298. The van der Waals surface area contributed by atoms with Gasteiger partial charge in [-0.2, -0.15) is 0 Å². The largest absolute Gasteiger partial charge is 0.464 e. The van der Waals surface area contributed by atoms with Gasteiger partial charge in [0.05, 0.1) is 6.61 Å². The van der Waals surface area contributed by atoms with Crippen molar-refractivity contribution in [2.45, 2.75) is 52.7 Å². The highest BCUT2D eigenvalue weighted by molar-refractivity contribution is 5.81. The first-order chi connectivity index (χ1) is 8.72. The third kappa shape index (κ3) is 7.00. The summed E-state index contributed by atoms with van der Waals surface area (Å²) in [7, 11) is 1.45. The molecule has 0 rings (SSSR count). The predicted molar refractivity (Wildman–Crippen MR) is 70.7 cm³/mol. The molecule has 0 aromatic heterocycles. The number of rotatable bonds is 6. The van der Waals surface area contributed by atoms with Gasteiger partial charge in [-0.05, 0) is 34.1 Å². The van der Waals surface area contributed by atoms with E-state index in [1.165, 1.54) is 12.0 Å². The Morgan fingerprint density at radius 1 is 1.26 bits per heavy atom. The smallest absolute Gasteiger partial charge is 0.412 e. The number of esters is 1. The van der Waals surface area contributed by atoms with Crippen LogP contribution in [0.2, 0.25) is 0 Å². The highest BCUT2D eigenvalue weighted by Crippen LogP contribution is 2.12. The zero-order valence-corrected chi connectivity index (χ0v) is 12.7. The van der Waals surface area contributed by atoms with E-state index in [9.17, 15) is 9.59 Å². The molecule has 0 N–H and O–H groups in total. The quantitative estimate of drug-likeness (QED) is 0.549. The van der Waals surface area contributed by atoms with Gasteiger partial charge in [-0.1, -0.05) is 6.92 Å². The first-order valence-corrected chi connectivity index (χ1v) is 6.38. The highest BCUT2D eigenvalue weighted by Gasteiger charge is 2.30. The standard InChI is InChI=1S/C13H25NO5/c1-7-8-18-11(15)10(2)14(9-17-6)12(16)19-13(3,4)5/h10H,7-9H2,1-6H3/t10-/m0/s1. The van der Waals surface area contributed by atoms with Gasteiger partial charge in [-0.15, -0.1) is 0 Å². The molecule has 6 nitrogen and oxygen atoms in total. The van der Waals surface area contributed by atoms with Crippen molar-refractivity contribution >= 4 is 12.1 Å². The average molecular weight is 275 g/mol. The maximum Gasteiger partial charge on any atom is 0.412 e. The summed E-state index contributed by atoms with van der Waals surface area (Å²) >= 11 is 0. The first kappa shape index (κ1) is 17.7. The van der Waals surface area contributed by atoms with Gasteiger partial charge in [-0.3, -0.25) is 4.90 Å². The molecule has 0 aliphatic rings. The lowest BCUT2D eigenvalue weighted by atomic mass is 10.2. The van der Waals surface area contributed by atoms with Crippen LogP contribution in [0.4, 0.5) is 4.79 Å². The number of ether oxygens (including phenoxy) is 3. The molecule has 0 saturated heterocycles. The number of amides is 1. The van der Waals surface area contributed by atoms with Gasteiger partial charge >= 0.3 is 12.1 Å². The zero-order chi connectivity index (χ0) is 15.1. The van der Waals surface area contributed by atoms with E-state index in [0.29, 0.717) is 6.61 Å². The topological polar surface area (TPSA) is 65.1 Å². The van der Waals surface area contributed by atoms with Gasteiger partial charge in [0, 0.05) is 7.11 Å². The summed E-state index contributed by atoms with van der Waals surface area (Å²) in [6.07, 6.45) is 0.130. The van der Waals surface area contributed by atoms with Gasteiger partial charge < -0.3 is 14.2 Å². The number of carbonyl (C=O) groups is 2. The Labute approximate surface area is 115 Å². The summed E-state index contributed by atoms with van der Waals surface area (Å²) in [6.45, 7) is 9.07. The van der Waals surface area contributed by atoms with Crippen LogP contribution in [-0.2, 0) is 19.0 Å². The fourth-order valence-corrected chi connectivity index (χ4v) is 1.23. The van der Waals surface area contributed by atoms with E-state index in [-0.39, 0.29) is 6.73 Å². The molecule has 1 amide bonds. The molecular weight excluding hydrogens is 250 g/mol. The second-order valence-corrected chi connectivity index (χ2v) is 5.21. The van der Waals surface area contributed by atoms with E-state index < -0.39 is 23.7 Å². The van der Waals surface area contributed by atoms with Crippen molar-refractivity contribution in [3.05, 3.63) is 0 Å². The van der Waals surface area contributed by atoms with E-state index in [1.807, 2.05) is 6.92 Å². The molecule has 1 atom stereocenters. The molecule has 0 unspecified atom stereocenters. The molecule has 0 saturated carbocycles. The number of methoxy groups -OCH3 is 1. The molecule has 0 heterocycles. The molecule has 112 valence electrons. The first-order valence-electron chi connectivity index (χ1n) is 6.38. The van der Waals surface area contributed by atoms with Crippen molar-refractivity contribution in [1.29, 1.82) is 0 Å². The van der Waals surface area contributed by atoms with Crippen LogP contribution < -0.4 is 0 Å². The van der Waals surface area contributed by atoms with E-state index in [1.54, 1.807) is 27.7 Å². The molecule has 0 radical (unpaired) electrons. The normalized spacial score (nSPS) is 12.7. The molecule has 0 bridgehead atoms. The summed E-state index contributed by atoms with van der Waals surface area (Å²) in [6, 6.07) is -0.749. The van der Waals surface area contributed by atoms with Crippen molar-refractivity contribution < 1.29 is 23.8 Å². The van der Waals surface area contributed by atoms with Gasteiger partial charge in [-0.25, -0.2) is 9.59 Å². The second kappa shape index (κ2) is 7.99. The lowest BCUT2D eigenvalue weighted by molar-refractivity contribution is -0.151. The molecule has 0 fully saturated rings. The minimum Gasteiger partial charge on any atom is -0.464 e. The fraction of sp³-hybridized carbons (Fsp3) is 0.846. The Balaban J connectivity index is 4.70. The van der Waals surface area contributed by atoms with Crippen LogP contribution >= 0.6 is 0 Å². The Hall–Kier alpha value is -1.30. The van der Waals surface area contributed by atoms with E-state index in [4.69, 9.17) is 14.2 Å². The Kier molecular flexibility index (Phi) is 7.44. The highest BCUT2D eigenvalue weighted by atomic mass is 16.6. The van der Waals surface area contributed by atoms with Crippen LogP contribution in [0.3, 0.4) is 0 Å². The zero-order valence-electron chi connectivity index (χ0n) is 12.7. The summed E-state index contributed by atoms with van der Waals surface area (Å²) in [5.41, 5.74) is -0.629. The molecule has 6 heteroatoms. The third-order valence-corrected chi connectivity index (χ3v) is 2.15. The predicted octanol–water partition coefficient (Wildman–Crippen LogP) is 2.17. The summed E-state index contributed by atoms with van der Waals surface area (Å²) in [5.74, 6) is -0.468. The van der Waals surface area contributed by atoms with Gasteiger partial charge in [0.15, 0.2) is 0 Å². The third-order valence-electron chi connectivity index (χ3n) is 2.15. The van der Waals surface area contributed by atoms with Crippen LogP contribution in [0.1, 0.15) is 41.0 Å². The number of hydrogen-bond donors (Lipinski definition) is 0. The Morgan fingerprint density at radius 3 is 2.26 bits per heavy atom. The lowest BCUT2D eigenvalue weighted by Gasteiger charge is -2.29. The van der Waals surface area contributed by atoms with Crippen LogP contribution in [0, 0.1) is 0 Å². The van der Waals surface area contributed by atoms with E-state index >= 15 is 0 Å². The number of nitrogens with zero attached hydrogens (tertiary/aromatic N) is 1. The van der Waals surface area contributed by atoms with Crippen LogP contribution in [-0.4, -0.2) is 49.1 Å². The SMILES string of the molecule is CCCOC(=O)[C@H](C)N(COC)C(=O)OC(C)(C)C. The minimum absolute atomic E-state index is 0.0305. The van der Waals surface area contributed by atoms with Crippen molar-refractivity contribution in [2.75, 3.05) is 20.4 Å². The van der Waals surface area contributed by atoms with Crippen molar-refractivity contribution in [3.8, 4) is 0 Å². The van der Waals surface area contributed by atoms with E-state index in [2.05, 4.69) is 0 Å². The molecule has 0 aromatic rings. The van der Waals surface area contributed by atoms with Crippen LogP contribution in [0.25, 0.3) is 0 Å². The average Bonchev–Trinajstić information content (AvgIpc) is 2.29. The van der Waals surface area contributed by atoms with Crippen molar-refractivity contribution in [1.82, 2.24) is 4.90 Å². The number of hydrogen-bond acceptors (Lipinski definition) is 5. The number of carbonyl (C=O) groups excluding carboxylic acids is 2. The van der Waals surface area contributed by atoms with Crippen LogP contribution in [0.5, 0.6) is 0 Å². The molecule has 0 aliphatic carbocycles. The fourth-order valence-electron chi connectivity index (χ4n) is 1.23. The van der Waals surface area contributed by atoms with Gasteiger partial charge in [0.2, 0.25) is 0 Å². The molecule has 19 heavy (non-hydrogen) atoms. The van der Waals surface area contributed by atoms with Crippen molar-refractivity contribution in [2.24, 2.45) is 0 Å². The lowest BCUT2D eigenvalue weighted by Crippen LogP contribution is -2.47. The Morgan fingerprint density at radius 2 is 1.84 bits per heavy atom. The maximum atomic E-state index is 12.0. The summed E-state index contributed by atoms with van der Waals surface area (Å²) in [4.78, 5) is 24.9. The van der Waals surface area contributed by atoms with Gasteiger partial charge in [0.1, 0.15) is 18.4 Å². The molecule has 0 aliphatic heterocycles. The molecule has 0 aromatic carbocycles. The molecule has 0 spiro atoms. The molecular formula is C13H25NO5. The van der Waals surface area contributed by atoms with E-state index in [0.717, 1.165) is 6.42 Å². The van der Waals surface area contributed by atoms with Crippen molar-refractivity contribution in [3.63, 3.8) is 0 Å². The summed E-state index contributed by atoms with van der Waals surface area (Å²) < 4.78 is 15.2. The van der Waals surface area contributed by atoms with Gasteiger partial charge in [0.25, 0.3) is 0 Å². The minimum atomic E-state index is -0.749. The maximum absolute atomic E-state index is 12.0. The second-order valence-electron chi connectivity index (χ2n) is 5.21. The van der Waals surface area contributed by atoms with Crippen LogP contribution in [0.15, 0.2) is 0 Å². The monoisotopic (exact) mass is 275 g/mol.